The molecule has 0 saturated heterocycles. The molecule has 4 aromatic carbocycles. The lowest BCUT2D eigenvalue weighted by Gasteiger charge is -2.08. The number of para-hydroxylation sites is 1. The van der Waals surface area contributed by atoms with Gasteiger partial charge in [-0.15, -0.1) is 0 Å². The maximum atomic E-state index is 12.2. The van der Waals surface area contributed by atoms with Gasteiger partial charge in [0.1, 0.15) is 0 Å². The lowest BCUT2D eigenvalue weighted by atomic mass is 9.97. The number of amides is 2. The summed E-state index contributed by atoms with van der Waals surface area (Å²) < 4.78 is 0. The summed E-state index contributed by atoms with van der Waals surface area (Å²) in [6.07, 6.45) is 1.83. The SMILES string of the molecule is Cc1ccccc1NC(=O)CCC(=O)N/N=C/c1c2ccccc2cc2ccccc12. The molecule has 0 heterocycles. The van der Waals surface area contributed by atoms with Crippen molar-refractivity contribution in [2.45, 2.75) is 19.8 Å². The van der Waals surface area contributed by atoms with E-state index < -0.39 is 0 Å². The molecule has 0 atom stereocenters. The van der Waals surface area contributed by atoms with Crippen molar-refractivity contribution in [3.63, 3.8) is 0 Å². The molecule has 0 unspecified atom stereocenters. The minimum atomic E-state index is -0.305. The van der Waals surface area contributed by atoms with Crippen molar-refractivity contribution < 1.29 is 9.59 Å². The van der Waals surface area contributed by atoms with Crippen LogP contribution in [0.15, 0.2) is 84.0 Å². The predicted octanol–water partition coefficient (Wildman–Crippen LogP) is 5.17. The van der Waals surface area contributed by atoms with E-state index in [1.165, 1.54) is 0 Å². The van der Waals surface area contributed by atoms with E-state index >= 15 is 0 Å². The van der Waals surface area contributed by atoms with Gasteiger partial charge in [0.2, 0.25) is 11.8 Å². The molecule has 0 aromatic heterocycles. The molecule has 2 amide bonds. The van der Waals surface area contributed by atoms with E-state index in [2.05, 4.69) is 34.0 Å². The van der Waals surface area contributed by atoms with Crippen LogP contribution in [0.2, 0.25) is 0 Å². The van der Waals surface area contributed by atoms with Crippen molar-refractivity contribution in [3.05, 3.63) is 90.0 Å². The second-order valence-electron chi connectivity index (χ2n) is 7.39. The first-order valence-corrected chi connectivity index (χ1v) is 10.2. The van der Waals surface area contributed by atoms with Gasteiger partial charge in [-0.3, -0.25) is 9.59 Å². The smallest absolute Gasteiger partial charge is 0.240 e. The molecule has 31 heavy (non-hydrogen) atoms. The molecule has 5 nitrogen and oxygen atoms in total. The third-order valence-electron chi connectivity index (χ3n) is 5.19. The number of nitrogens with one attached hydrogen (secondary N) is 2. The van der Waals surface area contributed by atoms with Crippen molar-refractivity contribution in [1.82, 2.24) is 5.43 Å². The number of hydrogen-bond donors (Lipinski definition) is 2. The maximum absolute atomic E-state index is 12.2. The lowest BCUT2D eigenvalue weighted by Crippen LogP contribution is -2.20. The van der Waals surface area contributed by atoms with Crippen LogP contribution in [0.4, 0.5) is 5.69 Å². The minimum absolute atomic E-state index is 0.0609. The number of carbonyl (C=O) groups is 2. The molecule has 0 aliphatic heterocycles. The van der Waals surface area contributed by atoms with Gasteiger partial charge in [-0.05, 0) is 46.2 Å². The summed E-state index contributed by atoms with van der Waals surface area (Å²) in [5.74, 6) is -0.505. The van der Waals surface area contributed by atoms with Crippen LogP contribution in [0.5, 0.6) is 0 Å². The summed E-state index contributed by atoms with van der Waals surface area (Å²) in [4.78, 5) is 24.3. The molecule has 0 aliphatic rings. The van der Waals surface area contributed by atoms with Crippen molar-refractivity contribution in [2.24, 2.45) is 5.10 Å². The number of hydrazone groups is 1. The topological polar surface area (TPSA) is 70.6 Å². The zero-order chi connectivity index (χ0) is 21.6. The summed E-state index contributed by atoms with van der Waals surface area (Å²) in [6, 6.07) is 25.9. The van der Waals surface area contributed by atoms with Gasteiger partial charge in [0.15, 0.2) is 0 Å². The van der Waals surface area contributed by atoms with Crippen molar-refractivity contribution in [1.29, 1.82) is 0 Å². The third-order valence-corrected chi connectivity index (χ3v) is 5.19. The molecule has 0 fully saturated rings. The Morgan fingerprint density at radius 1 is 0.806 bits per heavy atom. The Labute approximate surface area is 180 Å². The molecule has 4 aromatic rings. The number of hydrogen-bond acceptors (Lipinski definition) is 3. The van der Waals surface area contributed by atoms with Gasteiger partial charge in [-0.1, -0.05) is 66.7 Å². The summed E-state index contributed by atoms with van der Waals surface area (Å²) in [7, 11) is 0. The largest absolute Gasteiger partial charge is 0.326 e. The molecule has 0 bridgehead atoms. The summed E-state index contributed by atoms with van der Waals surface area (Å²) in [6.45, 7) is 1.92. The van der Waals surface area contributed by atoms with Crippen LogP contribution in [-0.4, -0.2) is 18.0 Å². The van der Waals surface area contributed by atoms with E-state index in [1.54, 1.807) is 6.21 Å². The van der Waals surface area contributed by atoms with E-state index in [-0.39, 0.29) is 24.7 Å². The predicted molar refractivity (Wildman–Crippen MR) is 126 cm³/mol. The van der Waals surface area contributed by atoms with E-state index in [9.17, 15) is 9.59 Å². The first kappa shape index (κ1) is 20.3. The molecule has 0 aliphatic carbocycles. The van der Waals surface area contributed by atoms with Gasteiger partial charge in [-0.25, -0.2) is 5.43 Å². The zero-order valence-corrected chi connectivity index (χ0v) is 17.3. The van der Waals surface area contributed by atoms with Crippen LogP contribution in [0.1, 0.15) is 24.0 Å². The van der Waals surface area contributed by atoms with Gasteiger partial charge >= 0.3 is 0 Å². The number of nitrogens with zero attached hydrogens (tertiary/aromatic N) is 1. The molecule has 5 heteroatoms. The Hall–Kier alpha value is -3.99. The average Bonchev–Trinajstić information content (AvgIpc) is 2.79. The summed E-state index contributed by atoms with van der Waals surface area (Å²) >= 11 is 0. The van der Waals surface area contributed by atoms with Gasteiger partial charge in [-0.2, -0.15) is 5.10 Å². The first-order chi connectivity index (χ1) is 15.1. The minimum Gasteiger partial charge on any atom is -0.326 e. The van der Waals surface area contributed by atoms with Crippen molar-refractivity contribution >= 4 is 45.3 Å². The fraction of sp³-hybridized carbons (Fsp3) is 0.115. The Balaban J connectivity index is 1.41. The Morgan fingerprint density at radius 3 is 2.06 bits per heavy atom. The molecule has 4 rings (SSSR count). The van der Waals surface area contributed by atoms with Crippen LogP contribution in [0.25, 0.3) is 21.5 Å². The molecule has 2 N–H and O–H groups in total. The monoisotopic (exact) mass is 409 g/mol. The Kier molecular flexibility index (Phi) is 6.03. The van der Waals surface area contributed by atoms with Crippen LogP contribution < -0.4 is 10.7 Å². The summed E-state index contributed by atoms with van der Waals surface area (Å²) in [5.41, 5.74) is 5.23. The standard InChI is InChI=1S/C26H23N3O2/c1-18-8-2-7-13-24(18)28-25(30)14-15-26(31)29-27-17-23-21-11-5-3-9-19(21)16-20-10-4-6-12-22(20)23/h2-13,16-17H,14-15H2,1H3,(H,28,30)(H,29,31)/b27-17+. The van der Waals surface area contributed by atoms with Crippen LogP contribution >= 0.6 is 0 Å². The second kappa shape index (κ2) is 9.22. The molecular weight excluding hydrogens is 386 g/mol. The third kappa shape index (κ3) is 4.78. The number of aryl methyl sites for hydroxylation is 1. The highest BCUT2D eigenvalue weighted by atomic mass is 16.2. The van der Waals surface area contributed by atoms with E-state index in [4.69, 9.17) is 0 Å². The van der Waals surface area contributed by atoms with E-state index in [0.717, 1.165) is 38.4 Å². The van der Waals surface area contributed by atoms with Gasteiger partial charge in [0.05, 0.1) is 6.21 Å². The quantitative estimate of drug-likeness (QED) is 0.262. The number of rotatable bonds is 6. The van der Waals surface area contributed by atoms with Crippen molar-refractivity contribution in [2.75, 3.05) is 5.32 Å². The van der Waals surface area contributed by atoms with Gasteiger partial charge in [0.25, 0.3) is 0 Å². The average molecular weight is 409 g/mol. The highest BCUT2D eigenvalue weighted by molar-refractivity contribution is 6.13. The molecular formula is C26H23N3O2. The molecule has 0 radical (unpaired) electrons. The fourth-order valence-electron chi connectivity index (χ4n) is 3.57. The van der Waals surface area contributed by atoms with Crippen LogP contribution in [-0.2, 0) is 9.59 Å². The van der Waals surface area contributed by atoms with Gasteiger partial charge in [0, 0.05) is 24.1 Å². The number of anilines is 1. The first-order valence-electron chi connectivity index (χ1n) is 10.2. The second-order valence-corrected chi connectivity index (χ2v) is 7.39. The highest BCUT2D eigenvalue weighted by Crippen LogP contribution is 2.27. The maximum Gasteiger partial charge on any atom is 0.240 e. The number of benzene rings is 4. The number of carbonyl (C=O) groups excluding carboxylic acids is 2. The van der Waals surface area contributed by atoms with E-state index in [1.807, 2.05) is 67.6 Å². The lowest BCUT2D eigenvalue weighted by molar-refractivity contribution is -0.124. The van der Waals surface area contributed by atoms with Crippen molar-refractivity contribution in [3.8, 4) is 0 Å². The van der Waals surface area contributed by atoms with E-state index in [0.29, 0.717) is 0 Å². The molecule has 0 spiro atoms. The summed E-state index contributed by atoms with van der Waals surface area (Å²) in [5, 5.41) is 11.4. The number of fused-ring (bicyclic) bond motifs is 2. The molecule has 154 valence electrons. The van der Waals surface area contributed by atoms with Crippen LogP contribution in [0, 0.1) is 6.92 Å². The van der Waals surface area contributed by atoms with Gasteiger partial charge < -0.3 is 5.32 Å². The molecule has 0 saturated carbocycles. The Morgan fingerprint density at radius 2 is 1.39 bits per heavy atom. The highest BCUT2D eigenvalue weighted by Gasteiger charge is 2.09. The normalized spacial score (nSPS) is 11.1. The fourth-order valence-corrected chi connectivity index (χ4v) is 3.57. The Bertz CT molecular complexity index is 1240. The zero-order valence-electron chi connectivity index (χ0n) is 17.3. The van der Waals surface area contributed by atoms with Crippen LogP contribution in [0.3, 0.4) is 0 Å².